The van der Waals surface area contributed by atoms with E-state index in [2.05, 4.69) is 25.6 Å². The summed E-state index contributed by atoms with van der Waals surface area (Å²) >= 11 is 6.09. The van der Waals surface area contributed by atoms with Crippen LogP contribution in [-0.4, -0.2) is 58.9 Å². The van der Waals surface area contributed by atoms with Gasteiger partial charge < -0.3 is 10.1 Å². The van der Waals surface area contributed by atoms with Crippen LogP contribution in [0.4, 0.5) is 4.39 Å². The highest BCUT2D eigenvalue weighted by molar-refractivity contribution is 6.31. The monoisotopic (exact) mass is 545 g/mol. The predicted octanol–water partition coefficient (Wildman–Crippen LogP) is 3.23. The zero-order chi connectivity index (χ0) is 26.9. The first-order valence-corrected chi connectivity index (χ1v) is 12.5. The molecule has 1 atom stereocenters. The predicted molar refractivity (Wildman–Crippen MR) is 138 cm³/mol. The standard InChI is InChI=1S/C26H21ClFN9O2/c27-20-4-6-22(36-16-30-32-33-36)25(26(20)28)18-3-5-21(37(39)14-18)23(15-34-11-1-2-24(34)38)35-13-19(12-31-35)17-7-9-29-10-8-17/h3-10,12-14,16,23H,1-2,11,15H2/t23-/m1/s1. The lowest BCUT2D eigenvalue weighted by atomic mass is 10.0. The van der Waals surface area contributed by atoms with E-state index in [1.165, 1.54) is 23.3 Å². The molecule has 0 radical (unpaired) electrons. The van der Waals surface area contributed by atoms with E-state index < -0.39 is 11.9 Å². The minimum atomic E-state index is -0.703. The van der Waals surface area contributed by atoms with Gasteiger partial charge in [-0.3, -0.25) is 14.5 Å². The average molecular weight is 546 g/mol. The maximum atomic E-state index is 15.3. The molecule has 0 saturated carbocycles. The van der Waals surface area contributed by atoms with E-state index in [4.69, 9.17) is 11.6 Å². The van der Waals surface area contributed by atoms with Crippen LogP contribution in [-0.2, 0) is 4.79 Å². The molecule has 0 N–H and O–H groups in total. The van der Waals surface area contributed by atoms with Gasteiger partial charge in [0.05, 0.1) is 34.6 Å². The van der Waals surface area contributed by atoms with Crippen molar-refractivity contribution in [2.45, 2.75) is 18.9 Å². The molecule has 0 spiro atoms. The van der Waals surface area contributed by atoms with E-state index in [0.29, 0.717) is 29.1 Å². The molecule has 6 rings (SSSR count). The minimum absolute atomic E-state index is 0.0302. The Kier molecular flexibility index (Phi) is 6.45. The van der Waals surface area contributed by atoms with Gasteiger partial charge in [-0.15, -0.1) is 5.10 Å². The zero-order valence-corrected chi connectivity index (χ0v) is 21.2. The molecule has 39 heavy (non-hydrogen) atoms. The number of carbonyl (C=O) groups excluding carboxylic acids is 1. The highest BCUT2D eigenvalue weighted by Crippen LogP contribution is 2.33. The fourth-order valence-corrected chi connectivity index (χ4v) is 4.95. The summed E-state index contributed by atoms with van der Waals surface area (Å²) in [6.07, 6.45) is 10.8. The molecule has 0 aliphatic carbocycles. The van der Waals surface area contributed by atoms with Crippen LogP contribution in [0.15, 0.2) is 73.7 Å². The second-order valence-electron chi connectivity index (χ2n) is 9.08. The van der Waals surface area contributed by atoms with Gasteiger partial charge in [-0.2, -0.15) is 14.5 Å². The molecule has 1 aromatic carbocycles. The Bertz CT molecular complexity index is 1640. The summed E-state index contributed by atoms with van der Waals surface area (Å²) in [7, 11) is 0. The van der Waals surface area contributed by atoms with Gasteiger partial charge in [0.2, 0.25) is 11.6 Å². The fraction of sp³-hybridized carbons (Fsp3) is 0.192. The lowest BCUT2D eigenvalue weighted by Crippen LogP contribution is -2.40. The Morgan fingerprint density at radius 3 is 2.67 bits per heavy atom. The molecule has 1 aliphatic heterocycles. The molecular formula is C26H21ClFN9O2. The summed E-state index contributed by atoms with van der Waals surface area (Å²) in [6, 6.07) is 9.38. The van der Waals surface area contributed by atoms with Crippen LogP contribution in [0.25, 0.3) is 27.9 Å². The SMILES string of the molecule is O=C1CCCN1C[C@H](c1ccc(-c2c(-n3cnnn3)ccc(Cl)c2F)c[n+]1[O-])n1cc(-c2ccncc2)cn1. The van der Waals surface area contributed by atoms with Gasteiger partial charge in [-0.1, -0.05) is 11.6 Å². The molecule has 5 heterocycles. The number of benzene rings is 1. The Morgan fingerprint density at radius 2 is 1.95 bits per heavy atom. The number of rotatable bonds is 7. The van der Waals surface area contributed by atoms with Crippen LogP contribution >= 0.6 is 11.6 Å². The van der Waals surface area contributed by atoms with E-state index in [9.17, 15) is 10.0 Å². The maximum absolute atomic E-state index is 15.3. The van der Waals surface area contributed by atoms with Crippen molar-refractivity contribution in [3.05, 3.63) is 95.5 Å². The Morgan fingerprint density at radius 1 is 1.10 bits per heavy atom. The van der Waals surface area contributed by atoms with Crippen molar-refractivity contribution in [3.63, 3.8) is 0 Å². The normalized spacial score (nSPS) is 14.2. The quantitative estimate of drug-likeness (QED) is 0.227. The van der Waals surface area contributed by atoms with Crippen LogP contribution < -0.4 is 4.73 Å². The van der Waals surface area contributed by atoms with Gasteiger partial charge in [0.15, 0.2) is 18.1 Å². The van der Waals surface area contributed by atoms with Crippen LogP contribution in [0.5, 0.6) is 0 Å². The Hall–Kier alpha value is -4.71. The smallest absolute Gasteiger partial charge is 0.222 e. The van der Waals surface area contributed by atoms with Crippen LogP contribution in [0.2, 0.25) is 5.02 Å². The molecule has 11 nitrogen and oxygen atoms in total. The molecule has 5 aromatic rings. The molecular weight excluding hydrogens is 525 g/mol. The number of tetrazole rings is 1. The second kappa shape index (κ2) is 10.2. The molecule has 0 unspecified atom stereocenters. The van der Waals surface area contributed by atoms with Crippen LogP contribution in [0.1, 0.15) is 24.6 Å². The average Bonchev–Trinajstić information content (AvgIpc) is 3.73. The molecule has 13 heteroatoms. The fourth-order valence-electron chi connectivity index (χ4n) is 4.80. The molecule has 1 amide bonds. The molecule has 1 fully saturated rings. The summed E-state index contributed by atoms with van der Waals surface area (Å²) in [5, 5.41) is 29.0. The largest absolute Gasteiger partial charge is 0.618 e. The maximum Gasteiger partial charge on any atom is 0.222 e. The number of likely N-dealkylation sites (tertiary alicyclic amines) is 1. The summed E-state index contributed by atoms with van der Waals surface area (Å²) in [5.74, 6) is -0.673. The highest BCUT2D eigenvalue weighted by Gasteiger charge is 2.31. The van der Waals surface area contributed by atoms with Gasteiger partial charge in [0.25, 0.3) is 0 Å². The van der Waals surface area contributed by atoms with Crippen molar-refractivity contribution in [2.24, 2.45) is 0 Å². The number of aromatic nitrogens is 8. The number of halogens is 2. The first-order chi connectivity index (χ1) is 19.0. The third-order valence-electron chi connectivity index (χ3n) is 6.74. The first kappa shape index (κ1) is 24.6. The number of nitrogens with zero attached hydrogens (tertiary/aromatic N) is 9. The van der Waals surface area contributed by atoms with E-state index in [0.717, 1.165) is 17.5 Å². The minimum Gasteiger partial charge on any atom is -0.618 e. The molecule has 0 bridgehead atoms. The van der Waals surface area contributed by atoms with E-state index in [-0.39, 0.29) is 28.6 Å². The van der Waals surface area contributed by atoms with Gasteiger partial charge in [-0.25, -0.2) is 4.39 Å². The summed E-state index contributed by atoms with van der Waals surface area (Å²) < 4.78 is 18.9. The van der Waals surface area contributed by atoms with Crippen LogP contribution in [0.3, 0.4) is 0 Å². The molecule has 4 aromatic heterocycles. The third kappa shape index (κ3) is 4.70. The molecule has 196 valence electrons. The Balaban J connectivity index is 1.42. The lowest BCUT2D eigenvalue weighted by molar-refractivity contribution is -0.615. The van der Waals surface area contributed by atoms with Gasteiger partial charge in [0.1, 0.15) is 6.33 Å². The summed E-state index contributed by atoms with van der Waals surface area (Å²) in [6.45, 7) is 0.868. The van der Waals surface area contributed by atoms with E-state index in [1.807, 2.05) is 18.3 Å². The number of pyridine rings is 2. The van der Waals surface area contributed by atoms with E-state index in [1.54, 1.807) is 46.4 Å². The number of hydrogen-bond acceptors (Lipinski definition) is 7. The van der Waals surface area contributed by atoms with Crippen molar-refractivity contribution in [2.75, 3.05) is 13.1 Å². The number of carbonyl (C=O) groups is 1. The second-order valence-corrected chi connectivity index (χ2v) is 9.49. The lowest BCUT2D eigenvalue weighted by Gasteiger charge is -2.23. The van der Waals surface area contributed by atoms with Gasteiger partial charge in [-0.05, 0) is 52.7 Å². The van der Waals surface area contributed by atoms with Crippen LogP contribution in [0, 0.1) is 11.0 Å². The van der Waals surface area contributed by atoms with E-state index >= 15 is 4.39 Å². The Labute approximate surface area is 226 Å². The van der Waals surface area contributed by atoms with Gasteiger partial charge in [0, 0.05) is 43.2 Å². The van der Waals surface area contributed by atoms with Gasteiger partial charge >= 0.3 is 0 Å². The molecule has 1 saturated heterocycles. The van der Waals surface area contributed by atoms with Crippen molar-refractivity contribution in [3.8, 4) is 27.9 Å². The third-order valence-corrected chi connectivity index (χ3v) is 7.03. The van der Waals surface area contributed by atoms with Crippen molar-refractivity contribution in [1.82, 2.24) is 39.9 Å². The summed E-state index contributed by atoms with van der Waals surface area (Å²) in [5.41, 5.74) is 2.79. The number of hydrogen-bond donors (Lipinski definition) is 0. The number of amides is 1. The van der Waals surface area contributed by atoms with Crippen molar-refractivity contribution >= 4 is 17.5 Å². The van der Waals surface area contributed by atoms with Crippen molar-refractivity contribution < 1.29 is 13.9 Å². The first-order valence-electron chi connectivity index (χ1n) is 12.2. The zero-order valence-electron chi connectivity index (χ0n) is 20.4. The summed E-state index contributed by atoms with van der Waals surface area (Å²) in [4.78, 5) is 18.3. The topological polar surface area (TPSA) is 122 Å². The van der Waals surface area contributed by atoms with Crippen molar-refractivity contribution in [1.29, 1.82) is 0 Å². The highest BCUT2D eigenvalue weighted by atomic mass is 35.5. The molecule has 1 aliphatic rings.